The molecule has 2 heteroatoms. The van der Waals surface area contributed by atoms with Crippen LogP contribution >= 0.6 is 0 Å². The van der Waals surface area contributed by atoms with E-state index >= 15 is 0 Å². The Morgan fingerprint density at radius 3 is 2.50 bits per heavy atom. The number of hydrogen-bond acceptors (Lipinski definition) is 2. The predicted octanol–water partition coefficient (Wildman–Crippen LogP) is 1.21. The molecule has 0 aromatic heterocycles. The van der Waals surface area contributed by atoms with Crippen molar-refractivity contribution < 1.29 is 9.84 Å². The summed E-state index contributed by atoms with van der Waals surface area (Å²) < 4.78 is 5.08. The highest BCUT2D eigenvalue weighted by molar-refractivity contribution is 4.88. The molecule has 1 N–H and O–H groups in total. The average molecular weight is 144 g/mol. The normalized spacial score (nSPS) is 17.6. The van der Waals surface area contributed by atoms with E-state index in [1.165, 1.54) is 0 Å². The van der Waals surface area contributed by atoms with Crippen LogP contribution in [0.4, 0.5) is 0 Å². The monoisotopic (exact) mass is 144 g/mol. The fourth-order valence-electron chi connectivity index (χ4n) is 0.647. The molecular weight excluding hydrogens is 128 g/mol. The molecule has 2 atom stereocenters. The SMILES string of the molecule is COC(C)C(C)C=CCO. The zero-order valence-corrected chi connectivity index (χ0v) is 6.87. The molecule has 2 nitrogen and oxygen atoms in total. The van der Waals surface area contributed by atoms with Gasteiger partial charge in [0.2, 0.25) is 0 Å². The first-order valence-electron chi connectivity index (χ1n) is 3.52. The van der Waals surface area contributed by atoms with Crippen molar-refractivity contribution in [3.05, 3.63) is 12.2 Å². The smallest absolute Gasteiger partial charge is 0.0612 e. The van der Waals surface area contributed by atoms with E-state index in [0.717, 1.165) is 0 Å². The number of rotatable bonds is 4. The first-order valence-corrected chi connectivity index (χ1v) is 3.52. The zero-order chi connectivity index (χ0) is 7.98. The van der Waals surface area contributed by atoms with E-state index in [1.54, 1.807) is 13.2 Å². The molecule has 0 aliphatic rings. The summed E-state index contributed by atoms with van der Waals surface area (Å²) in [5, 5.41) is 8.44. The van der Waals surface area contributed by atoms with Gasteiger partial charge in [0.05, 0.1) is 12.7 Å². The highest BCUT2D eigenvalue weighted by Crippen LogP contribution is 2.06. The highest BCUT2D eigenvalue weighted by Gasteiger charge is 2.05. The molecule has 0 fully saturated rings. The van der Waals surface area contributed by atoms with Crippen molar-refractivity contribution in [2.75, 3.05) is 13.7 Å². The van der Waals surface area contributed by atoms with Crippen LogP contribution in [-0.4, -0.2) is 24.9 Å². The lowest BCUT2D eigenvalue weighted by atomic mass is 10.1. The fourth-order valence-corrected chi connectivity index (χ4v) is 0.647. The molecule has 0 rings (SSSR count). The van der Waals surface area contributed by atoms with Crippen LogP contribution in [0, 0.1) is 5.92 Å². The van der Waals surface area contributed by atoms with Gasteiger partial charge in [-0.3, -0.25) is 0 Å². The molecule has 0 aliphatic carbocycles. The summed E-state index contributed by atoms with van der Waals surface area (Å²) in [6.07, 6.45) is 3.91. The standard InChI is InChI=1S/C8H16O2/c1-7(5-4-6-9)8(2)10-3/h4-5,7-9H,6H2,1-3H3. The summed E-state index contributed by atoms with van der Waals surface area (Å²) >= 11 is 0. The molecule has 0 radical (unpaired) electrons. The van der Waals surface area contributed by atoms with E-state index in [4.69, 9.17) is 9.84 Å². The van der Waals surface area contributed by atoms with Crippen LogP contribution in [0.5, 0.6) is 0 Å². The van der Waals surface area contributed by atoms with Gasteiger partial charge >= 0.3 is 0 Å². The minimum atomic E-state index is 0.112. The average Bonchev–Trinajstić information content (AvgIpc) is 1.98. The van der Waals surface area contributed by atoms with Crippen LogP contribution in [0.25, 0.3) is 0 Å². The Labute approximate surface area is 62.5 Å². The Hall–Kier alpha value is -0.340. The Morgan fingerprint density at radius 2 is 2.10 bits per heavy atom. The Morgan fingerprint density at radius 1 is 1.50 bits per heavy atom. The number of methoxy groups -OCH3 is 1. The van der Waals surface area contributed by atoms with Crippen LogP contribution in [0.3, 0.4) is 0 Å². The van der Waals surface area contributed by atoms with Gasteiger partial charge in [0.25, 0.3) is 0 Å². The van der Waals surface area contributed by atoms with Gasteiger partial charge in [-0.2, -0.15) is 0 Å². The molecule has 0 saturated heterocycles. The van der Waals surface area contributed by atoms with E-state index in [-0.39, 0.29) is 12.7 Å². The topological polar surface area (TPSA) is 29.5 Å². The summed E-state index contributed by atoms with van der Waals surface area (Å²) in [5.74, 6) is 0.372. The summed E-state index contributed by atoms with van der Waals surface area (Å²) in [6, 6.07) is 0. The largest absolute Gasteiger partial charge is 0.392 e. The Kier molecular flexibility index (Phi) is 5.26. The van der Waals surface area contributed by atoms with Crippen molar-refractivity contribution in [3.8, 4) is 0 Å². The lowest BCUT2D eigenvalue weighted by molar-refractivity contribution is 0.0897. The summed E-state index contributed by atoms with van der Waals surface area (Å²) in [4.78, 5) is 0. The van der Waals surface area contributed by atoms with Gasteiger partial charge in [0.15, 0.2) is 0 Å². The van der Waals surface area contributed by atoms with E-state index in [0.29, 0.717) is 5.92 Å². The third-order valence-electron chi connectivity index (χ3n) is 1.66. The lowest BCUT2D eigenvalue weighted by Gasteiger charge is -2.13. The summed E-state index contributed by atoms with van der Waals surface area (Å²) in [5.41, 5.74) is 0. The number of aliphatic hydroxyl groups excluding tert-OH is 1. The summed E-state index contributed by atoms with van der Waals surface area (Å²) in [6.45, 7) is 4.17. The molecule has 0 aromatic carbocycles. The van der Waals surface area contributed by atoms with E-state index < -0.39 is 0 Å². The number of hydrogen-bond donors (Lipinski definition) is 1. The van der Waals surface area contributed by atoms with Gasteiger partial charge in [0, 0.05) is 7.11 Å². The van der Waals surface area contributed by atoms with E-state index in [2.05, 4.69) is 6.92 Å². The van der Waals surface area contributed by atoms with Gasteiger partial charge < -0.3 is 9.84 Å². The minimum absolute atomic E-state index is 0.112. The number of ether oxygens (including phenoxy) is 1. The minimum Gasteiger partial charge on any atom is -0.392 e. The number of aliphatic hydroxyl groups is 1. The highest BCUT2D eigenvalue weighted by atomic mass is 16.5. The van der Waals surface area contributed by atoms with Crippen molar-refractivity contribution in [2.24, 2.45) is 5.92 Å². The molecular formula is C8H16O2. The Balaban J connectivity index is 3.60. The molecule has 0 amide bonds. The summed E-state index contributed by atoms with van der Waals surface area (Å²) in [7, 11) is 1.69. The molecule has 0 aromatic rings. The third kappa shape index (κ3) is 3.64. The fraction of sp³-hybridized carbons (Fsp3) is 0.750. The van der Waals surface area contributed by atoms with Crippen molar-refractivity contribution in [2.45, 2.75) is 20.0 Å². The second-order valence-electron chi connectivity index (χ2n) is 2.41. The second kappa shape index (κ2) is 5.45. The van der Waals surface area contributed by atoms with Crippen molar-refractivity contribution in [3.63, 3.8) is 0 Å². The van der Waals surface area contributed by atoms with Gasteiger partial charge in [0.1, 0.15) is 0 Å². The molecule has 0 spiro atoms. The molecule has 2 unspecified atom stereocenters. The van der Waals surface area contributed by atoms with Gasteiger partial charge in [-0.05, 0) is 12.8 Å². The van der Waals surface area contributed by atoms with Crippen LogP contribution in [-0.2, 0) is 4.74 Å². The molecule has 0 bridgehead atoms. The van der Waals surface area contributed by atoms with Crippen LogP contribution in [0.1, 0.15) is 13.8 Å². The molecule has 0 aliphatic heterocycles. The first-order chi connectivity index (χ1) is 4.72. The predicted molar refractivity (Wildman–Crippen MR) is 41.9 cm³/mol. The van der Waals surface area contributed by atoms with E-state index in [1.807, 2.05) is 13.0 Å². The van der Waals surface area contributed by atoms with Crippen molar-refractivity contribution in [1.29, 1.82) is 0 Å². The lowest BCUT2D eigenvalue weighted by Crippen LogP contribution is -2.13. The van der Waals surface area contributed by atoms with Crippen molar-refractivity contribution >= 4 is 0 Å². The second-order valence-corrected chi connectivity index (χ2v) is 2.41. The van der Waals surface area contributed by atoms with E-state index in [9.17, 15) is 0 Å². The molecule has 10 heavy (non-hydrogen) atoms. The maximum atomic E-state index is 8.44. The first kappa shape index (κ1) is 9.66. The van der Waals surface area contributed by atoms with Crippen LogP contribution in [0.15, 0.2) is 12.2 Å². The van der Waals surface area contributed by atoms with Crippen molar-refractivity contribution in [1.82, 2.24) is 0 Å². The maximum Gasteiger partial charge on any atom is 0.0612 e. The van der Waals surface area contributed by atoms with Gasteiger partial charge in [-0.1, -0.05) is 19.1 Å². The molecule has 60 valence electrons. The molecule has 0 saturated carbocycles. The van der Waals surface area contributed by atoms with Gasteiger partial charge in [-0.25, -0.2) is 0 Å². The maximum absolute atomic E-state index is 8.44. The van der Waals surface area contributed by atoms with Gasteiger partial charge in [-0.15, -0.1) is 0 Å². The zero-order valence-electron chi connectivity index (χ0n) is 6.87. The quantitative estimate of drug-likeness (QED) is 0.601. The third-order valence-corrected chi connectivity index (χ3v) is 1.66. The van der Waals surface area contributed by atoms with Crippen LogP contribution < -0.4 is 0 Å². The van der Waals surface area contributed by atoms with Crippen LogP contribution in [0.2, 0.25) is 0 Å². The Bertz CT molecular complexity index is 99.4. The molecule has 0 heterocycles.